The van der Waals surface area contributed by atoms with Crippen LogP contribution in [-0.2, 0) is 6.42 Å². The van der Waals surface area contributed by atoms with E-state index in [4.69, 9.17) is 10.3 Å². The lowest BCUT2D eigenvalue weighted by Crippen LogP contribution is -2.22. The number of hydrogen-bond donors (Lipinski definition) is 2. The molecule has 0 radical (unpaired) electrons. The van der Waals surface area contributed by atoms with Crippen LogP contribution in [0.1, 0.15) is 37.9 Å². The SMILES string of the molecule is CC(C)c1noc(CCCN=C(N)Nc2ccccc2)n1.I. The number of anilines is 1. The third kappa shape index (κ3) is 6.00. The Kier molecular flexibility index (Phi) is 7.86. The fraction of sp³-hybridized carbons (Fsp3) is 0.400. The lowest BCUT2D eigenvalue weighted by atomic mass is 10.2. The van der Waals surface area contributed by atoms with Crippen LogP contribution in [0.4, 0.5) is 5.69 Å². The molecule has 6 nitrogen and oxygen atoms in total. The van der Waals surface area contributed by atoms with Crippen LogP contribution in [0.3, 0.4) is 0 Å². The van der Waals surface area contributed by atoms with E-state index in [2.05, 4.69) is 20.4 Å². The van der Waals surface area contributed by atoms with Gasteiger partial charge in [0, 0.05) is 24.6 Å². The molecule has 0 unspecified atom stereocenters. The fourth-order valence-corrected chi connectivity index (χ4v) is 1.74. The Morgan fingerprint density at radius 3 is 2.68 bits per heavy atom. The summed E-state index contributed by atoms with van der Waals surface area (Å²) < 4.78 is 5.17. The molecule has 0 bridgehead atoms. The molecular formula is C15H22IN5O. The molecular weight excluding hydrogens is 393 g/mol. The summed E-state index contributed by atoms with van der Waals surface area (Å²) in [5, 5.41) is 6.96. The van der Waals surface area contributed by atoms with Gasteiger partial charge in [0.25, 0.3) is 0 Å². The molecule has 7 heteroatoms. The number of guanidine groups is 1. The first-order chi connectivity index (χ1) is 10.1. The molecule has 0 aliphatic rings. The number of hydrogen-bond acceptors (Lipinski definition) is 4. The third-order valence-electron chi connectivity index (χ3n) is 2.88. The van der Waals surface area contributed by atoms with Gasteiger partial charge in [0.05, 0.1) is 0 Å². The Balaban J connectivity index is 0.00000242. The molecule has 120 valence electrons. The topological polar surface area (TPSA) is 89.3 Å². The minimum atomic E-state index is 0. The van der Waals surface area contributed by atoms with Crippen molar-refractivity contribution in [2.75, 3.05) is 11.9 Å². The zero-order valence-corrected chi connectivity index (χ0v) is 15.2. The van der Waals surface area contributed by atoms with Gasteiger partial charge in [-0.15, -0.1) is 24.0 Å². The summed E-state index contributed by atoms with van der Waals surface area (Å²) in [4.78, 5) is 8.59. The van der Waals surface area contributed by atoms with Crippen LogP contribution in [0.15, 0.2) is 39.8 Å². The molecule has 2 rings (SSSR count). The molecule has 0 saturated carbocycles. The van der Waals surface area contributed by atoms with E-state index < -0.39 is 0 Å². The first-order valence-corrected chi connectivity index (χ1v) is 7.09. The van der Waals surface area contributed by atoms with Crippen LogP contribution in [0, 0.1) is 0 Å². The number of halogens is 1. The van der Waals surface area contributed by atoms with Gasteiger partial charge in [-0.25, -0.2) is 0 Å². The van der Waals surface area contributed by atoms with Crippen molar-refractivity contribution >= 4 is 35.6 Å². The van der Waals surface area contributed by atoms with Gasteiger partial charge >= 0.3 is 0 Å². The van der Waals surface area contributed by atoms with E-state index in [1.54, 1.807) is 0 Å². The highest BCUT2D eigenvalue weighted by Gasteiger charge is 2.08. The van der Waals surface area contributed by atoms with Crippen molar-refractivity contribution in [2.45, 2.75) is 32.6 Å². The number of aliphatic imine (C=N–C) groups is 1. The molecule has 0 atom stereocenters. The number of rotatable bonds is 6. The number of benzene rings is 1. The molecule has 22 heavy (non-hydrogen) atoms. The second-order valence-electron chi connectivity index (χ2n) is 5.06. The van der Waals surface area contributed by atoms with E-state index in [9.17, 15) is 0 Å². The van der Waals surface area contributed by atoms with Crippen molar-refractivity contribution in [1.82, 2.24) is 10.1 Å². The van der Waals surface area contributed by atoms with Crippen LogP contribution in [-0.4, -0.2) is 22.6 Å². The van der Waals surface area contributed by atoms with Crippen LogP contribution >= 0.6 is 24.0 Å². The van der Waals surface area contributed by atoms with Gasteiger partial charge in [0.15, 0.2) is 11.8 Å². The molecule has 2 aromatic rings. The smallest absolute Gasteiger partial charge is 0.226 e. The average molecular weight is 415 g/mol. The van der Waals surface area contributed by atoms with E-state index in [0.29, 0.717) is 24.8 Å². The molecule has 3 N–H and O–H groups in total. The normalized spacial score (nSPS) is 11.3. The van der Waals surface area contributed by atoms with Crippen LogP contribution in [0.5, 0.6) is 0 Å². The molecule has 0 saturated heterocycles. The van der Waals surface area contributed by atoms with Gasteiger partial charge < -0.3 is 15.6 Å². The Bertz CT molecular complexity index is 583. The number of nitrogens with zero attached hydrogens (tertiary/aromatic N) is 3. The Morgan fingerprint density at radius 1 is 1.32 bits per heavy atom. The Labute approximate surface area is 147 Å². The van der Waals surface area contributed by atoms with Crippen molar-refractivity contribution in [2.24, 2.45) is 10.7 Å². The standard InChI is InChI=1S/C15H21N5O.HI/c1-11(2)14-19-13(21-20-14)9-6-10-17-15(16)18-12-7-4-3-5-8-12;/h3-5,7-8,11H,6,9-10H2,1-2H3,(H3,16,17,18);1H. The maximum atomic E-state index is 5.82. The van der Waals surface area contributed by atoms with E-state index in [0.717, 1.165) is 17.9 Å². The monoisotopic (exact) mass is 415 g/mol. The highest BCUT2D eigenvalue weighted by molar-refractivity contribution is 14.0. The largest absolute Gasteiger partial charge is 0.370 e. The fourth-order valence-electron chi connectivity index (χ4n) is 1.74. The highest BCUT2D eigenvalue weighted by atomic mass is 127. The summed E-state index contributed by atoms with van der Waals surface area (Å²) in [6.45, 7) is 4.69. The molecule has 1 heterocycles. The number of nitrogens with two attached hydrogens (primary N) is 1. The maximum Gasteiger partial charge on any atom is 0.226 e. The Hall–Kier alpha value is -1.64. The zero-order chi connectivity index (χ0) is 15.1. The van der Waals surface area contributed by atoms with Crippen LogP contribution in [0.2, 0.25) is 0 Å². The second-order valence-corrected chi connectivity index (χ2v) is 5.06. The third-order valence-corrected chi connectivity index (χ3v) is 2.88. The summed E-state index contributed by atoms with van der Waals surface area (Å²) in [5.74, 6) is 2.10. The number of nitrogens with one attached hydrogen (secondary N) is 1. The minimum Gasteiger partial charge on any atom is -0.370 e. The van der Waals surface area contributed by atoms with Gasteiger partial charge in [0.1, 0.15) is 0 Å². The summed E-state index contributed by atoms with van der Waals surface area (Å²) in [7, 11) is 0. The first-order valence-electron chi connectivity index (χ1n) is 7.09. The van der Waals surface area contributed by atoms with E-state index >= 15 is 0 Å². The predicted molar refractivity (Wildman–Crippen MR) is 98.7 cm³/mol. The lowest BCUT2D eigenvalue weighted by Gasteiger charge is -2.04. The average Bonchev–Trinajstić information content (AvgIpc) is 2.94. The van der Waals surface area contributed by atoms with E-state index in [-0.39, 0.29) is 29.9 Å². The summed E-state index contributed by atoms with van der Waals surface area (Å²) in [6.07, 6.45) is 1.53. The van der Waals surface area contributed by atoms with Crippen LogP contribution in [0.25, 0.3) is 0 Å². The van der Waals surface area contributed by atoms with Gasteiger partial charge in [-0.2, -0.15) is 4.98 Å². The molecule has 1 aromatic carbocycles. The Morgan fingerprint density at radius 2 is 2.05 bits per heavy atom. The van der Waals surface area contributed by atoms with Crippen molar-refractivity contribution in [3.05, 3.63) is 42.0 Å². The molecule has 0 aliphatic heterocycles. The highest BCUT2D eigenvalue weighted by Crippen LogP contribution is 2.10. The van der Waals surface area contributed by atoms with Gasteiger partial charge in [-0.3, -0.25) is 4.99 Å². The predicted octanol–water partition coefficient (Wildman–Crippen LogP) is 3.17. The van der Waals surface area contributed by atoms with Crippen LogP contribution < -0.4 is 11.1 Å². The number of para-hydroxylation sites is 1. The molecule has 0 aliphatic carbocycles. The van der Waals surface area contributed by atoms with Crippen molar-refractivity contribution in [3.8, 4) is 0 Å². The second kappa shape index (κ2) is 9.39. The summed E-state index contributed by atoms with van der Waals surface area (Å²) in [6, 6.07) is 9.71. The molecule has 0 spiro atoms. The van der Waals surface area contributed by atoms with Crippen molar-refractivity contribution in [3.63, 3.8) is 0 Å². The maximum absolute atomic E-state index is 5.82. The van der Waals surface area contributed by atoms with Crippen molar-refractivity contribution in [1.29, 1.82) is 0 Å². The first kappa shape index (κ1) is 18.4. The minimum absolute atomic E-state index is 0. The number of aromatic nitrogens is 2. The van der Waals surface area contributed by atoms with Gasteiger partial charge in [-0.05, 0) is 18.6 Å². The van der Waals surface area contributed by atoms with E-state index in [1.165, 1.54) is 0 Å². The van der Waals surface area contributed by atoms with Gasteiger partial charge in [-0.1, -0.05) is 37.2 Å². The molecule has 1 aromatic heterocycles. The molecule has 0 amide bonds. The van der Waals surface area contributed by atoms with Crippen molar-refractivity contribution < 1.29 is 4.52 Å². The zero-order valence-electron chi connectivity index (χ0n) is 12.8. The lowest BCUT2D eigenvalue weighted by molar-refractivity contribution is 0.369. The summed E-state index contributed by atoms with van der Waals surface area (Å²) in [5.41, 5.74) is 6.74. The van der Waals surface area contributed by atoms with E-state index in [1.807, 2.05) is 44.2 Å². The van der Waals surface area contributed by atoms with Gasteiger partial charge in [0.2, 0.25) is 5.89 Å². The molecule has 0 fully saturated rings. The summed E-state index contributed by atoms with van der Waals surface area (Å²) >= 11 is 0. The number of aryl methyl sites for hydroxylation is 1. The quantitative estimate of drug-likeness (QED) is 0.328.